The first-order valence-electron chi connectivity index (χ1n) is 6.88. The van der Waals surface area contributed by atoms with Crippen molar-refractivity contribution in [2.24, 2.45) is 5.92 Å². The molecule has 1 amide bonds. The summed E-state index contributed by atoms with van der Waals surface area (Å²) < 4.78 is 0. The third-order valence-electron chi connectivity index (χ3n) is 4.07. The van der Waals surface area contributed by atoms with E-state index in [2.05, 4.69) is 6.07 Å². The smallest absolute Gasteiger partial charge is 0.308 e. The number of likely N-dealkylation sites (tertiary alicyclic amines) is 1. The van der Waals surface area contributed by atoms with Crippen molar-refractivity contribution in [2.75, 3.05) is 18.8 Å². The monoisotopic (exact) mass is 291 g/mol. The van der Waals surface area contributed by atoms with Crippen LogP contribution in [0.4, 0.5) is 0 Å². The van der Waals surface area contributed by atoms with Gasteiger partial charge < -0.3 is 10.0 Å². The second-order valence-electron chi connectivity index (χ2n) is 5.31. The number of aryl methyl sites for hydroxylation is 1. The molecule has 106 valence electrons. The van der Waals surface area contributed by atoms with E-state index in [1.54, 1.807) is 16.7 Å². The maximum Gasteiger partial charge on any atom is 0.308 e. The summed E-state index contributed by atoms with van der Waals surface area (Å²) in [4.78, 5) is 25.4. The van der Waals surface area contributed by atoms with E-state index in [1.165, 1.54) is 5.56 Å². The number of fused-ring (bicyclic) bond motifs is 1. The highest BCUT2D eigenvalue weighted by molar-refractivity contribution is 8.00. The number of aliphatic carboxylic acids is 1. The summed E-state index contributed by atoms with van der Waals surface area (Å²) in [5.74, 6) is -0.172. The van der Waals surface area contributed by atoms with Gasteiger partial charge in [-0.3, -0.25) is 9.59 Å². The Kier molecular flexibility index (Phi) is 3.70. The summed E-state index contributed by atoms with van der Waals surface area (Å²) in [6.45, 7) is 0.919. The fourth-order valence-corrected chi connectivity index (χ4v) is 4.20. The molecule has 0 saturated carbocycles. The van der Waals surface area contributed by atoms with Crippen molar-refractivity contribution in [1.29, 1.82) is 0 Å². The van der Waals surface area contributed by atoms with Crippen molar-refractivity contribution in [3.8, 4) is 0 Å². The Balaban J connectivity index is 1.78. The fraction of sp³-hybridized carbons (Fsp3) is 0.467. The molecule has 4 nitrogen and oxygen atoms in total. The van der Waals surface area contributed by atoms with Gasteiger partial charge in [0.25, 0.3) is 0 Å². The van der Waals surface area contributed by atoms with E-state index >= 15 is 0 Å². The second kappa shape index (κ2) is 5.48. The van der Waals surface area contributed by atoms with Crippen LogP contribution in [0.15, 0.2) is 24.3 Å². The van der Waals surface area contributed by atoms with Gasteiger partial charge in [0.15, 0.2) is 0 Å². The molecule has 5 heteroatoms. The van der Waals surface area contributed by atoms with Crippen molar-refractivity contribution in [3.05, 3.63) is 35.4 Å². The lowest BCUT2D eigenvalue weighted by Gasteiger charge is -2.28. The van der Waals surface area contributed by atoms with Gasteiger partial charge in [-0.2, -0.15) is 0 Å². The van der Waals surface area contributed by atoms with E-state index in [0.717, 1.165) is 17.7 Å². The Morgan fingerprint density at radius 1 is 1.30 bits per heavy atom. The standard InChI is InChI=1S/C15H17NO3S/c17-14(16-7-5-11(9-16)15(18)19)13-12-4-2-1-3-10(12)6-8-20-13/h1-4,11,13H,5-9H2,(H,18,19)/t11-,13+/m1/s1. The Morgan fingerprint density at radius 2 is 2.10 bits per heavy atom. The molecule has 0 radical (unpaired) electrons. The van der Waals surface area contributed by atoms with E-state index in [-0.39, 0.29) is 11.2 Å². The van der Waals surface area contributed by atoms with E-state index in [0.29, 0.717) is 19.5 Å². The molecule has 2 aliphatic heterocycles. The van der Waals surface area contributed by atoms with Crippen LogP contribution in [0.5, 0.6) is 0 Å². The second-order valence-corrected chi connectivity index (χ2v) is 6.52. The molecule has 2 atom stereocenters. The number of hydrogen-bond donors (Lipinski definition) is 1. The zero-order valence-electron chi connectivity index (χ0n) is 11.1. The average Bonchev–Trinajstić information content (AvgIpc) is 2.96. The van der Waals surface area contributed by atoms with Crippen molar-refractivity contribution in [3.63, 3.8) is 0 Å². The van der Waals surface area contributed by atoms with Gasteiger partial charge >= 0.3 is 5.97 Å². The highest BCUT2D eigenvalue weighted by Gasteiger charge is 2.36. The number of nitrogens with zero attached hydrogens (tertiary/aromatic N) is 1. The fourth-order valence-electron chi connectivity index (χ4n) is 2.93. The number of carboxylic acids is 1. The number of hydrogen-bond acceptors (Lipinski definition) is 3. The Labute approximate surface area is 122 Å². The number of carboxylic acid groups (broad SMARTS) is 1. The lowest BCUT2D eigenvalue weighted by Crippen LogP contribution is -2.34. The molecule has 0 bridgehead atoms. The number of amides is 1. The molecule has 1 saturated heterocycles. The highest BCUT2D eigenvalue weighted by Crippen LogP contribution is 2.38. The van der Waals surface area contributed by atoms with Gasteiger partial charge in [-0.25, -0.2) is 0 Å². The Bertz CT molecular complexity index is 546. The van der Waals surface area contributed by atoms with Crippen molar-refractivity contribution in [2.45, 2.75) is 18.1 Å². The van der Waals surface area contributed by atoms with Crippen LogP contribution in [-0.2, 0) is 16.0 Å². The molecule has 1 aromatic rings. The molecule has 0 aromatic heterocycles. The van der Waals surface area contributed by atoms with Crippen LogP contribution < -0.4 is 0 Å². The quantitative estimate of drug-likeness (QED) is 0.905. The zero-order chi connectivity index (χ0) is 14.1. The largest absolute Gasteiger partial charge is 0.481 e. The van der Waals surface area contributed by atoms with E-state index < -0.39 is 11.9 Å². The molecule has 0 spiro atoms. The Morgan fingerprint density at radius 3 is 2.85 bits per heavy atom. The number of carbonyl (C=O) groups excluding carboxylic acids is 1. The highest BCUT2D eigenvalue weighted by atomic mass is 32.2. The molecule has 3 rings (SSSR count). The maximum atomic E-state index is 12.6. The number of thioether (sulfide) groups is 1. The molecule has 1 fully saturated rings. The average molecular weight is 291 g/mol. The maximum absolute atomic E-state index is 12.6. The summed E-state index contributed by atoms with van der Waals surface area (Å²) in [6.07, 6.45) is 1.57. The van der Waals surface area contributed by atoms with Gasteiger partial charge in [0.1, 0.15) is 5.25 Å². The van der Waals surface area contributed by atoms with Gasteiger partial charge in [0.2, 0.25) is 5.91 Å². The normalized spacial score (nSPS) is 25.3. The van der Waals surface area contributed by atoms with Crippen LogP contribution in [0.25, 0.3) is 0 Å². The molecule has 0 aliphatic carbocycles. The molecule has 2 aliphatic rings. The minimum atomic E-state index is -0.794. The summed E-state index contributed by atoms with van der Waals surface area (Å²) in [5.41, 5.74) is 2.35. The topological polar surface area (TPSA) is 57.6 Å². The van der Waals surface area contributed by atoms with Crippen LogP contribution in [-0.4, -0.2) is 40.7 Å². The lowest BCUT2D eigenvalue weighted by atomic mass is 10.0. The van der Waals surface area contributed by atoms with E-state index in [1.807, 2.05) is 18.2 Å². The number of rotatable bonds is 2. The summed E-state index contributed by atoms with van der Waals surface area (Å²) in [6, 6.07) is 8.08. The zero-order valence-corrected chi connectivity index (χ0v) is 11.9. The first-order valence-corrected chi connectivity index (χ1v) is 7.92. The van der Waals surface area contributed by atoms with Gasteiger partial charge in [0, 0.05) is 13.1 Å². The van der Waals surface area contributed by atoms with Crippen molar-refractivity contribution in [1.82, 2.24) is 4.90 Å². The number of carbonyl (C=O) groups is 2. The predicted octanol–water partition coefficient (Wildman–Crippen LogP) is 1.95. The van der Waals surface area contributed by atoms with Crippen LogP contribution >= 0.6 is 11.8 Å². The van der Waals surface area contributed by atoms with Crippen LogP contribution in [0.2, 0.25) is 0 Å². The van der Waals surface area contributed by atoms with Gasteiger partial charge in [-0.05, 0) is 29.7 Å². The first-order chi connectivity index (χ1) is 9.66. The molecule has 1 N–H and O–H groups in total. The Hall–Kier alpha value is -1.49. The van der Waals surface area contributed by atoms with Crippen molar-refractivity contribution >= 4 is 23.6 Å². The van der Waals surface area contributed by atoms with Crippen molar-refractivity contribution < 1.29 is 14.7 Å². The summed E-state index contributed by atoms with van der Waals surface area (Å²) >= 11 is 1.67. The van der Waals surface area contributed by atoms with E-state index in [4.69, 9.17) is 5.11 Å². The van der Waals surface area contributed by atoms with Gasteiger partial charge in [0.05, 0.1) is 5.92 Å². The lowest BCUT2D eigenvalue weighted by molar-refractivity contribution is -0.141. The molecule has 0 unspecified atom stereocenters. The minimum Gasteiger partial charge on any atom is -0.481 e. The third kappa shape index (κ3) is 2.42. The molecule has 20 heavy (non-hydrogen) atoms. The SMILES string of the molecule is O=C(O)[C@@H]1CCN(C(=O)[C@H]2SCCc3ccccc32)C1. The van der Waals surface area contributed by atoms with Crippen LogP contribution in [0.3, 0.4) is 0 Å². The minimum absolute atomic E-state index is 0.0749. The van der Waals surface area contributed by atoms with Gasteiger partial charge in [-0.1, -0.05) is 24.3 Å². The molecule has 1 aromatic carbocycles. The van der Waals surface area contributed by atoms with Gasteiger partial charge in [-0.15, -0.1) is 11.8 Å². The van der Waals surface area contributed by atoms with Crippen LogP contribution in [0, 0.1) is 5.92 Å². The summed E-state index contributed by atoms with van der Waals surface area (Å²) in [7, 11) is 0. The predicted molar refractivity (Wildman–Crippen MR) is 77.7 cm³/mol. The molecular formula is C15H17NO3S. The number of benzene rings is 1. The third-order valence-corrected chi connectivity index (χ3v) is 5.30. The van der Waals surface area contributed by atoms with Crippen LogP contribution in [0.1, 0.15) is 22.8 Å². The molecule has 2 heterocycles. The molecular weight excluding hydrogens is 274 g/mol. The van der Waals surface area contributed by atoms with E-state index in [9.17, 15) is 9.59 Å². The first kappa shape index (κ1) is 13.5. The summed E-state index contributed by atoms with van der Waals surface area (Å²) in [5, 5.41) is 8.88.